The van der Waals surface area contributed by atoms with Crippen molar-refractivity contribution in [3.63, 3.8) is 0 Å². The zero-order chi connectivity index (χ0) is 19.2. The van der Waals surface area contributed by atoms with Gasteiger partial charge in [-0.2, -0.15) is 4.98 Å². The van der Waals surface area contributed by atoms with E-state index < -0.39 is 0 Å². The number of aromatic nitrogens is 2. The van der Waals surface area contributed by atoms with E-state index in [1.54, 1.807) is 0 Å². The van der Waals surface area contributed by atoms with Gasteiger partial charge in [0.25, 0.3) is 0 Å². The highest BCUT2D eigenvalue weighted by Gasteiger charge is 2.23. The van der Waals surface area contributed by atoms with Gasteiger partial charge in [0.1, 0.15) is 5.75 Å². The summed E-state index contributed by atoms with van der Waals surface area (Å²) in [6.45, 7) is 4.96. The van der Waals surface area contributed by atoms with Crippen molar-refractivity contribution in [1.29, 1.82) is 0 Å². The molecule has 0 amide bonds. The van der Waals surface area contributed by atoms with Gasteiger partial charge in [0, 0.05) is 12.1 Å². The van der Waals surface area contributed by atoms with Gasteiger partial charge in [-0.15, -0.1) is 12.4 Å². The minimum absolute atomic E-state index is 0. The SMILES string of the molecule is CCCCCCCOc1ccc2cc(-c3noc(C4CCNC4)n3)ccc2c1.Cl. The number of benzene rings is 2. The monoisotopic (exact) mass is 415 g/mol. The first-order valence-corrected chi connectivity index (χ1v) is 10.5. The van der Waals surface area contributed by atoms with Crippen LogP contribution in [0.25, 0.3) is 22.2 Å². The van der Waals surface area contributed by atoms with Gasteiger partial charge in [0.05, 0.1) is 12.5 Å². The Morgan fingerprint density at radius 3 is 2.72 bits per heavy atom. The molecule has 0 aliphatic carbocycles. The molecule has 3 aromatic rings. The Morgan fingerprint density at radius 1 is 1.07 bits per heavy atom. The van der Waals surface area contributed by atoms with E-state index in [9.17, 15) is 0 Å². The Kier molecular flexibility index (Phi) is 7.90. The number of nitrogens with one attached hydrogen (secondary N) is 1. The van der Waals surface area contributed by atoms with Crippen LogP contribution in [0.1, 0.15) is 57.3 Å². The van der Waals surface area contributed by atoms with Gasteiger partial charge in [0.15, 0.2) is 0 Å². The molecule has 0 spiro atoms. The fourth-order valence-corrected chi connectivity index (χ4v) is 3.73. The summed E-state index contributed by atoms with van der Waals surface area (Å²) in [5, 5.41) is 9.84. The van der Waals surface area contributed by atoms with Crippen LogP contribution >= 0.6 is 12.4 Å². The highest BCUT2D eigenvalue weighted by molar-refractivity contribution is 5.87. The van der Waals surface area contributed by atoms with Gasteiger partial charge in [-0.1, -0.05) is 56.0 Å². The molecule has 1 unspecified atom stereocenters. The summed E-state index contributed by atoms with van der Waals surface area (Å²) < 4.78 is 11.4. The van der Waals surface area contributed by atoms with Crippen molar-refractivity contribution < 1.29 is 9.26 Å². The van der Waals surface area contributed by atoms with Gasteiger partial charge < -0.3 is 14.6 Å². The molecule has 1 aliphatic heterocycles. The van der Waals surface area contributed by atoms with E-state index in [0.717, 1.165) is 60.5 Å². The molecule has 29 heavy (non-hydrogen) atoms. The first-order valence-electron chi connectivity index (χ1n) is 10.5. The molecule has 1 saturated heterocycles. The third-order valence-electron chi connectivity index (χ3n) is 5.44. The van der Waals surface area contributed by atoms with Crippen LogP contribution in [0.4, 0.5) is 0 Å². The molecule has 2 aromatic carbocycles. The lowest BCUT2D eigenvalue weighted by Gasteiger charge is -2.08. The maximum absolute atomic E-state index is 5.92. The summed E-state index contributed by atoms with van der Waals surface area (Å²) >= 11 is 0. The summed E-state index contributed by atoms with van der Waals surface area (Å²) in [5.41, 5.74) is 0.984. The zero-order valence-electron chi connectivity index (χ0n) is 17.0. The molecular weight excluding hydrogens is 386 g/mol. The van der Waals surface area contributed by atoms with Crippen LogP contribution in [0.3, 0.4) is 0 Å². The molecular formula is C23H30ClN3O2. The molecule has 1 aliphatic rings. The third kappa shape index (κ3) is 5.49. The Balaban J connectivity index is 0.00000240. The predicted octanol–water partition coefficient (Wildman–Crippen LogP) is 5.74. The van der Waals surface area contributed by atoms with Crippen molar-refractivity contribution >= 4 is 23.2 Å². The Morgan fingerprint density at radius 2 is 1.90 bits per heavy atom. The van der Waals surface area contributed by atoms with E-state index in [-0.39, 0.29) is 12.4 Å². The molecule has 0 saturated carbocycles. The summed E-state index contributed by atoms with van der Waals surface area (Å²) in [6.07, 6.45) is 7.31. The minimum atomic E-state index is 0. The molecule has 2 heterocycles. The molecule has 1 N–H and O–H groups in total. The summed E-state index contributed by atoms with van der Waals surface area (Å²) in [7, 11) is 0. The lowest BCUT2D eigenvalue weighted by molar-refractivity contribution is 0.305. The van der Waals surface area contributed by atoms with Crippen LogP contribution in [0.2, 0.25) is 0 Å². The standard InChI is InChI=1S/C23H29N3O2.ClH/c1-2-3-4-5-6-13-27-21-10-9-17-14-19(8-7-18(17)15-21)22-25-23(28-26-22)20-11-12-24-16-20;/h7-10,14-15,20,24H,2-6,11-13,16H2,1H3;1H. The predicted molar refractivity (Wildman–Crippen MR) is 119 cm³/mol. The van der Waals surface area contributed by atoms with E-state index in [0.29, 0.717) is 11.7 Å². The number of unbranched alkanes of at least 4 members (excludes halogenated alkanes) is 4. The fraction of sp³-hybridized carbons (Fsp3) is 0.478. The normalized spacial score (nSPS) is 16.1. The lowest BCUT2D eigenvalue weighted by atomic mass is 10.1. The average Bonchev–Trinajstić information content (AvgIpc) is 3.42. The molecule has 5 nitrogen and oxygen atoms in total. The van der Waals surface area contributed by atoms with E-state index in [4.69, 9.17) is 9.26 Å². The number of hydrogen-bond acceptors (Lipinski definition) is 5. The maximum atomic E-state index is 5.92. The van der Waals surface area contributed by atoms with Crippen LogP contribution in [-0.4, -0.2) is 29.8 Å². The van der Waals surface area contributed by atoms with Crippen LogP contribution in [0, 0.1) is 0 Å². The topological polar surface area (TPSA) is 60.2 Å². The van der Waals surface area contributed by atoms with Gasteiger partial charge in [0.2, 0.25) is 11.7 Å². The average molecular weight is 416 g/mol. The number of nitrogens with zero attached hydrogens (tertiary/aromatic N) is 2. The van der Waals surface area contributed by atoms with Crippen LogP contribution in [-0.2, 0) is 0 Å². The number of rotatable bonds is 9. The number of fused-ring (bicyclic) bond motifs is 1. The summed E-state index contributed by atoms with van der Waals surface area (Å²) in [5.74, 6) is 2.67. The van der Waals surface area contributed by atoms with Crippen LogP contribution in [0.5, 0.6) is 5.75 Å². The van der Waals surface area contributed by atoms with Crippen molar-refractivity contribution in [3.05, 3.63) is 42.3 Å². The Bertz CT molecular complexity index is 906. The van der Waals surface area contributed by atoms with Gasteiger partial charge >= 0.3 is 0 Å². The highest BCUT2D eigenvalue weighted by atomic mass is 35.5. The maximum Gasteiger partial charge on any atom is 0.231 e. The van der Waals surface area contributed by atoms with Crippen molar-refractivity contribution in [2.75, 3.05) is 19.7 Å². The minimum Gasteiger partial charge on any atom is -0.494 e. The molecule has 1 atom stereocenters. The van der Waals surface area contributed by atoms with Gasteiger partial charge in [-0.05, 0) is 48.4 Å². The quantitative estimate of drug-likeness (QED) is 0.451. The second-order valence-corrected chi connectivity index (χ2v) is 7.63. The fourth-order valence-electron chi connectivity index (χ4n) is 3.73. The van der Waals surface area contributed by atoms with E-state index in [1.165, 1.54) is 25.7 Å². The molecule has 4 rings (SSSR count). The first-order chi connectivity index (χ1) is 13.8. The first kappa shape index (κ1) is 21.6. The molecule has 6 heteroatoms. The Hall–Kier alpha value is -2.11. The second-order valence-electron chi connectivity index (χ2n) is 7.63. The van der Waals surface area contributed by atoms with Crippen molar-refractivity contribution in [3.8, 4) is 17.1 Å². The Labute approximate surface area is 178 Å². The summed E-state index contributed by atoms with van der Waals surface area (Å²) in [6, 6.07) is 12.5. The highest BCUT2D eigenvalue weighted by Crippen LogP contribution is 2.28. The second kappa shape index (κ2) is 10.6. The zero-order valence-corrected chi connectivity index (χ0v) is 17.8. The largest absolute Gasteiger partial charge is 0.494 e. The molecule has 0 bridgehead atoms. The van der Waals surface area contributed by atoms with Crippen molar-refractivity contribution in [2.24, 2.45) is 0 Å². The van der Waals surface area contributed by atoms with Crippen LogP contribution < -0.4 is 10.1 Å². The number of ether oxygens (including phenoxy) is 1. The molecule has 156 valence electrons. The van der Waals surface area contributed by atoms with Crippen LogP contribution in [0.15, 0.2) is 40.9 Å². The number of halogens is 1. The smallest absolute Gasteiger partial charge is 0.231 e. The molecule has 0 radical (unpaired) electrons. The van der Waals surface area contributed by atoms with E-state index >= 15 is 0 Å². The number of hydrogen-bond donors (Lipinski definition) is 1. The van der Waals surface area contributed by atoms with Gasteiger partial charge in [-0.3, -0.25) is 0 Å². The van der Waals surface area contributed by atoms with Gasteiger partial charge in [-0.25, -0.2) is 0 Å². The van der Waals surface area contributed by atoms with E-state index in [1.807, 2.05) is 6.07 Å². The van der Waals surface area contributed by atoms with Crippen molar-refractivity contribution in [2.45, 2.75) is 51.4 Å². The molecule has 1 fully saturated rings. The van der Waals surface area contributed by atoms with Crippen molar-refractivity contribution in [1.82, 2.24) is 15.5 Å². The summed E-state index contributed by atoms with van der Waals surface area (Å²) in [4.78, 5) is 4.62. The third-order valence-corrected chi connectivity index (χ3v) is 5.44. The molecule has 1 aromatic heterocycles. The lowest BCUT2D eigenvalue weighted by Crippen LogP contribution is -2.08. The van der Waals surface area contributed by atoms with E-state index in [2.05, 4.69) is 52.7 Å².